The first-order valence-corrected chi connectivity index (χ1v) is 6.73. The molecule has 0 saturated carbocycles. The van der Waals surface area contributed by atoms with Crippen LogP contribution >= 0.6 is 0 Å². The van der Waals surface area contributed by atoms with Crippen LogP contribution in [0.5, 0.6) is 5.75 Å². The average molecular weight is 297 g/mol. The van der Waals surface area contributed by atoms with Crippen molar-refractivity contribution in [2.45, 2.75) is 0 Å². The highest BCUT2D eigenvalue weighted by Crippen LogP contribution is 2.22. The van der Waals surface area contributed by atoms with Crippen LogP contribution in [0.2, 0.25) is 0 Å². The molecule has 112 valence electrons. The second kappa shape index (κ2) is 6.13. The number of nitrogens with one attached hydrogen (secondary N) is 3. The van der Waals surface area contributed by atoms with Crippen LogP contribution < -0.4 is 15.4 Å². The number of carbonyl (C=O) groups is 1. The van der Waals surface area contributed by atoms with Gasteiger partial charge >= 0.3 is 0 Å². The molecule has 0 atom stereocenters. The van der Waals surface area contributed by atoms with Crippen LogP contribution in [0, 0.1) is 0 Å². The van der Waals surface area contributed by atoms with Crippen molar-refractivity contribution in [3.8, 4) is 5.75 Å². The normalized spacial score (nSPS) is 10.4. The predicted octanol–water partition coefficient (Wildman–Crippen LogP) is 2.02. The highest BCUT2D eigenvalue weighted by atomic mass is 16.5. The number of amides is 1. The molecule has 0 spiro atoms. The Kier molecular flexibility index (Phi) is 3.86. The fraction of sp³-hybridized carbons (Fsp3) is 0.133. The van der Waals surface area contributed by atoms with E-state index in [4.69, 9.17) is 4.74 Å². The minimum Gasteiger partial charge on any atom is -0.495 e. The zero-order valence-corrected chi connectivity index (χ0v) is 12.0. The van der Waals surface area contributed by atoms with Crippen LogP contribution in [0.15, 0.2) is 42.5 Å². The maximum Gasteiger partial charge on any atom is 0.243 e. The molecular formula is C15H15N5O2. The van der Waals surface area contributed by atoms with E-state index in [1.807, 2.05) is 24.3 Å². The Morgan fingerprint density at radius 1 is 1.18 bits per heavy atom. The molecule has 3 rings (SSSR count). The Bertz CT molecular complexity index is 799. The van der Waals surface area contributed by atoms with Gasteiger partial charge in [0, 0.05) is 5.69 Å². The van der Waals surface area contributed by atoms with Crippen LogP contribution in [0.1, 0.15) is 0 Å². The molecule has 0 radical (unpaired) electrons. The molecule has 7 heteroatoms. The lowest BCUT2D eigenvalue weighted by Crippen LogP contribution is -2.21. The number of methoxy groups -OCH3 is 1. The van der Waals surface area contributed by atoms with E-state index < -0.39 is 0 Å². The van der Waals surface area contributed by atoms with Crippen molar-refractivity contribution >= 4 is 28.3 Å². The maximum atomic E-state index is 12.0. The van der Waals surface area contributed by atoms with E-state index >= 15 is 0 Å². The molecule has 0 aliphatic heterocycles. The van der Waals surface area contributed by atoms with E-state index in [1.165, 1.54) is 0 Å². The summed E-state index contributed by atoms with van der Waals surface area (Å²) >= 11 is 0. The van der Waals surface area contributed by atoms with Gasteiger partial charge in [0.25, 0.3) is 0 Å². The fourth-order valence-corrected chi connectivity index (χ4v) is 2.09. The van der Waals surface area contributed by atoms with E-state index in [-0.39, 0.29) is 12.5 Å². The first-order valence-electron chi connectivity index (χ1n) is 6.73. The Balaban J connectivity index is 1.62. The summed E-state index contributed by atoms with van der Waals surface area (Å²) in [4.78, 5) is 12.0. The van der Waals surface area contributed by atoms with Gasteiger partial charge in [0.15, 0.2) is 0 Å². The van der Waals surface area contributed by atoms with Crippen molar-refractivity contribution in [1.29, 1.82) is 0 Å². The highest BCUT2D eigenvalue weighted by Gasteiger charge is 2.06. The second-order valence-corrected chi connectivity index (χ2v) is 4.63. The van der Waals surface area contributed by atoms with Gasteiger partial charge in [-0.25, -0.2) is 0 Å². The molecular weight excluding hydrogens is 282 g/mol. The molecule has 0 bridgehead atoms. The Labute approximate surface area is 126 Å². The summed E-state index contributed by atoms with van der Waals surface area (Å²) in [5.74, 6) is 0.535. The summed E-state index contributed by atoms with van der Waals surface area (Å²) in [6.45, 7) is 0.136. The SMILES string of the molecule is COc1ccccc1NCC(=O)Nc1ccc2n[nH]nc2c1. The number of ether oxygens (including phenoxy) is 1. The van der Waals surface area contributed by atoms with Crippen LogP contribution in [-0.4, -0.2) is 35.0 Å². The highest BCUT2D eigenvalue weighted by molar-refractivity contribution is 5.95. The number of nitrogens with zero attached hydrogens (tertiary/aromatic N) is 2. The summed E-state index contributed by atoms with van der Waals surface area (Å²) in [5.41, 5.74) is 2.90. The lowest BCUT2D eigenvalue weighted by molar-refractivity contribution is -0.114. The molecule has 22 heavy (non-hydrogen) atoms. The van der Waals surface area contributed by atoms with Crippen molar-refractivity contribution in [2.24, 2.45) is 0 Å². The number of carbonyl (C=O) groups excluding carboxylic acids is 1. The van der Waals surface area contributed by atoms with Crippen molar-refractivity contribution in [3.05, 3.63) is 42.5 Å². The maximum absolute atomic E-state index is 12.0. The van der Waals surface area contributed by atoms with Gasteiger partial charge in [0.1, 0.15) is 16.8 Å². The molecule has 3 aromatic rings. The Morgan fingerprint density at radius 3 is 2.86 bits per heavy atom. The number of hydrogen-bond acceptors (Lipinski definition) is 5. The number of para-hydroxylation sites is 2. The van der Waals surface area contributed by atoms with Crippen LogP contribution in [-0.2, 0) is 4.79 Å². The monoisotopic (exact) mass is 297 g/mol. The molecule has 0 fully saturated rings. The number of rotatable bonds is 5. The minimum absolute atomic E-state index is 0.136. The smallest absolute Gasteiger partial charge is 0.243 e. The Hall–Kier alpha value is -3.09. The minimum atomic E-state index is -0.159. The number of anilines is 2. The van der Waals surface area contributed by atoms with E-state index in [0.29, 0.717) is 17.0 Å². The van der Waals surface area contributed by atoms with Gasteiger partial charge in [0.2, 0.25) is 5.91 Å². The summed E-state index contributed by atoms with van der Waals surface area (Å²) in [6.07, 6.45) is 0. The number of aromatic nitrogens is 3. The molecule has 0 aliphatic rings. The zero-order valence-electron chi connectivity index (χ0n) is 12.0. The number of H-pyrrole nitrogens is 1. The summed E-state index contributed by atoms with van der Waals surface area (Å²) in [5, 5.41) is 16.3. The molecule has 1 heterocycles. The first-order chi connectivity index (χ1) is 10.8. The third-order valence-corrected chi connectivity index (χ3v) is 3.15. The summed E-state index contributed by atoms with van der Waals surface area (Å²) < 4.78 is 5.22. The predicted molar refractivity (Wildman–Crippen MR) is 84.0 cm³/mol. The standard InChI is InChI=1S/C15H15N5O2/c1-22-14-5-3-2-4-12(14)16-9-15(21)17-10-6-7-11-13(8-10)19-20-18-11/h2-8,16H,9H2,1H3,(H,17,21)(H,18,19,20). The molecule has 1 amide bonds. The molecule has 0 saturated heterocycles. The number of fused-ring (bicyclic) bond motifs is 1. The van der Waals surface area contributed by atoms with E-state index in [0.717, 1.165) is 11.2 Å². The number of hydrogen-bond donors (Lipinski definition) is 3. The third kappa shape index (κ3) is 2.98. The summed E-state index contributed by atoms with van der Waals surface area (Å²) in [6, 6.07) is 12.8. The lowest BCUT2D eigenvalue weighted by atomic mass is 10.2. The van der Waals surface area contributed by atoms with Gasteiger partial charge in [-0.15, -0.1) is 0 Å². The van der Waals surface area contributed by atoms with Crippen LogP contribution in [0.4, 0.5) is 11.4 Å². The molecule has 7 nitrogen and oxygen atoms in total. The van der Waals surface area contributed by atoms with Gasteiger partial charge in [0.05, 0.1) is 19.3 Å². The molecule has 0 aliphatic carbocycles. The van der Waals surface area contributed by atoms with Crippen molar-refractivity contribution in [1.82, 2.24) is 15.4 Å². The molecule has 0 unspecified atom stereocenters. The van der Waals surface area contributed by atoms with E-state index in [2.05, 4.69) is 26.0 Å². The quantitative estimate of drug-likeness (QED) is 0.670. The molecule has 1 aromatic heterocycles. The van der Waals surface area contributed by atoms with Gasteiger partial charge in [-0.05, 0) is 30.3 Å². The van der Waals surface area contributed by atoms with Gasteiger partial charge in [-0.1, -0.05) is 12.1 Å². The topological polar surface area (TPSA) is 91.9 Å². The molecule has 3 N–H and O–H groups in total. The zero-order chi connectivity index (χ0) is 15.4. The van der Waals surface area contributed by atoms with Crippen molar-refractivity contribution in [2.75, 3.05) is 24.3 Å². The number of benzene rings is 2. The van der Waals surface area contributed by atoms with Crippen molar-refractivity contribution < 1.29 is 9.53 Å². The largest absolute Gasteiger partial charge is 0.495 e. The van der Waals surface area contributed by atoms with Gasteiger partial charge in [-0.2, -0.15) is 15.4 Å². The first kappa shape index (κ1) is 13.9. The van der Waals surface area contributed by atoms with Crippen molar-refractivity contribution in [3.63, 3.8) is 0 Å². The average Bonchev–Trinajstić information content (AvgIpc) is 3.01. The lowest BCUT2D eigenvalue weighted by Gasteiger charge is -2.11. The second-order valence-electron chi connectivity index (χ2n) is 4.63. The van der Waals surface area contributed by atoms with E-state index in [1.54, 1.807) is 25.3 Å². The van der Waals surface area contributed by atoms with Crippen LogP contribution in [0.25, 0.3) is 11.0 Å². The fourth-order valence-electron chi connectivity index (χ4n) is 2.09. The molecule has 2 aromatic carbocycles. The van der Waals surface area contributed by atoms with Gasteiger partial charge in [-0.3, -0.25) is 4.79 Å². The number of aromatic amines is 1. The summed E-state index contributed by atoms with van der Waals surface area (Å²) in [7, 11) is 1.59. The van der Waals surface area contributed by atoms with Crippen LogP contribution in [0.3, 0.4) is 0 Å². The third-order valence-electron chi connectivity index (χ3n) is 3.15. The Morgan fingerprint density at radius 2 is 2.00 bits per heavy atom. The van der Waals surface area contributed by atoms with E-state index in [9.17, 15) is 4.79 Å². The van der Waals surface area contributed by atoms with Gasteiger partial charge < -0.3 is 15.4 Å².